The quantitative estimate of drug-likeness (QED) is 0.649. The Kier molecular flexibility index (Phi) is 6.34. The Labute approximate surface area is 193 Å². The molecule has 2 aliphatic rings. The van der Waals surface area contributed by atoms with Crippen molar-refractivity contribution in [3.63, 3.8) is 0 Å². The van der Waals surface area contributed by atoms with Crippen molar-refractivity contribution in [3.8, 4) is 0 Å². The van der Waals surface area contributed by atoms with E-state index in [1.165, 1.54) is 0 Å². The molecule has 0 bridgehead atoms. The van der Waals surface area contributed by atoms with Gasteiger partial charge in [0.05, 0.1) is 25.1 Å². The minimum absolute atomic E-state index is 0.159. The van der Waals surface area contributed by atoms with Crippen molar-refractivity contribution >= 4 is 28.9 Å². The average molecular weight is 445 g/mol. The van der Waals surface area contributed by atoms with E-state index in [0.29, 0.717) is 11.4 Å². The molecule has 1 aromatic carbocycles. The van der Waals surface area contributed by atoms with E-state index in [2.05, 4.69) is 30.0 Å². The Morgan fingerprint density at radius 1 is 0.758 bits per heavy atom. The van der Waals surface area contributed by atoms with Crippen LogP contribution in [0.3, 0.4) is 0 Å². The lowest BCUT2D eigenvalue weighted by Crippen LogP contribution is -2.46. The number of nitrogens with zero attached hydrogens (tertiary/aromatic N) is 5. The first-order valence-corrected chi connectivity index (χ1v) is 11.4. The fourth-order valence-electron chi connectivity index (χ4n) is 4.22. The Bertz CT molecular complexity index is 1040. The molecule has 0 unspecified atom stereocenters. The molecule has 0 radical (unpaired) electrons. The highest BCUT2D eigenvalue weighted by molar-refractivity contribution is 6.04. The van der Waals surface area contributed by atoms with Gasteiger partial charge < -0.3 is 24.8 Å². The number of hydrogen-bond donors (Lipinski definition) is 1. The van der Waals surface area contributed by atoms with Crippen molar-refractivity contribution in [2.24, 2.45) is 0 Å². The Hall–Kier alpha value is -3.65. The summed E-state index contributed by atoms with van der Waals surface area (Å²) in [6.45, 7) is 6.86. The maximum Gasteiger partial charge on any atom is 0.256 e. The number of ether oxygens (including phenoxy) is 1. The van der Waals surface area contributed by atoms with Gasteiger partial charge in [-0.25, -0.2) is 9.97 Å². The Morgan fingerprint density at radius 3 is 2.12 bits per heavy atom. The second kappa shape index (κ2) is 9.87. The highest BCUT2D eigenvalue weighted by Gasteiger charge is 2.18. The topological polar surface area (TPSA) is 73.8 Å². The predicted molar refractivity (Wildman–Crippen MR) is 130 cm³/mol. The van der Waals surface area contributed by atoms with Crippen LogP contribution in [0.4, 0.5) is 23.0 Å². The summed E-state index contributed by atoms with van der Waals surface area (Å²) in [4.78, 5) is 28.4. The summed E-state index contributed by atoms with van der Waals surface area (Å²) in [5.41, 5.74) is 2.78. The number of hydrogen-bond acceptors (Lipinski definition) is 7. The molecule has 2 aliphatic heterocycles. The lowest BCUT2D eigenvalue weighted by Gasteiger charge is -2.36. The molecule has 33 heavy (non-hydrogen) atoms. The smallest absolute Gasteiger partial charge is 0.256 e. The molecule has 0 saturated carbocycles. The van der Waals surface area contributed by atoms with Crippen molar-refractivity contribution in [1.29, 1.82) is 0 Å². The molecule has 170 valence electrons. The van der Waals surface area contributed by atoms with Gasteiger partial charge in [0.25, 0.3) is 5.91 Å². The molecular weight excluding hydrogens is 416 g/mol. The zero-order valence-corrected chi connectivity index (χ0v) is 18.6. The van der Waals surface area contributed by atoms with E-state index in [1.54, 1.807) is 0 Å². The third kappa shape index (κ3) is 5.06. The van der Waals surface area contributed by atoms with Crippen LogP contribution in [0.5, 0.6) is 0 Å². The first-order chi connectivity index (χ1) is 16.3. The summed E-state index contributed by atoms with van der Waals surface area (Å²) in [5.74, 6) is 1.41. The number of anilines is 4. The van der Waals surface area contributed by atoms with Gasteiger partial charge in [0.2, 0.25) is 0 Å². The van der Waals surface area contributed by atoms with E-state index >= 15 is 0 Å². The van der Waals surface area contributed by atoms with Gasteiger partial charge in [-0.2, -0.15) is 0 Å². The van der Waals surface area contributed by atoms with Crippen molar-refractivity contribution < 1.29 is 9.53 Å². The largest absolute Gasteiger partial charge is 0.378 e. The zero-order chi connectivity index (χ0) is 22.5. The van der Waals surface area contributed by atoms with Gasteiger partial charge in [-0.1, -0.05) is 6.07 Å². The molecule has 0 aliphatic carbocycles. The average Bonchev–Trinajstić information content (AvgIpc) is 2.90. The van der Waals surface area contributed by atoms with Crippen molar-refractivity contribution in [1.82, 2.24) is 9.97 Å². The van der Waals surface area contributed by atoms with Crippen LogP contribution in [0.15, 0.2) is 67.0 Å². The summed E-state index contributed by atoms with van der Waals surface area (Å²) in [6.07, 6.45) is 3.66. The summed E-state index contributed by atoms with van der Waals surface area (Å²) in [5, 5.41) is 2.90. The molecule has 8 nitrogen and oxygen atoms in total. The SMILES string of the molecule is O=C(Nc1ccc(N2CCN(c3ccccn3)CC2)cn1)c1ccc(N2CCOCC2)cc1. The fraction of sp³-hybridized carbons (Fsp3) is 0.320. The van der Waals surface area contributed by atoms with Crippen LogP contribution in [-0.2, 0) is 4.74 Å². The van der Waals surface area contributed by atoms with Crippen molar-refractivity contribution in [3.05, 3.63) is 72.6 Å². The molecule has 1 amide bonds. The number of morpholine rings is 1. The first-order valence-electron chi connectivity index (χ1n) is 11.4. The van der Waals surface area contributed by atoms with Gasteiger partial charge in [-0.3, -0.25) is 4.79 Å². The number of carbonyl (C=O) groups is 1. The minimum Gasteiger partial charge on any atom is -0.378 e. The zero-order valence-electron chi connectivity index (χ0n) is 18.6. The molecule has 2 aromatic heterocycles. The second-order valence-corrected chi connectivity index (χ2v) is 8.16. The molecule has 4 heterocycles. The molecule has 0 atom stereocenters. The molecule has 2 fully saturated rings. The molecule has 5 rings (SSSR count). The van der Waals surface area contributed by atoms with E-state index in [0.717, 1.165) is 69.7 Å². The highest BCUT2D eigenvalue weighted by Crippen LogP contribution is 2.21. The van der Waals surface area contributed by atoms with E-state index in [4.69, 9.17) is 4.74 Å². The summed E-state index contributed by atoms with van der Waals surface area (Å²) < 4.78 is 5.40. The predicted octanol–water partition coefficient (Wildman–Crippen LogP) is 2.89. The van der Waals surface area contributed by atoms with Gasteiger partial charge in [0, 0.05) is 56.7 Å². The maximum absolute atomic E-state index is 12.7. The number of nitrogens with one attached hydrogen (secondary N) is 1. The molecule has 0 spiro atoms. The summed E-state index contributed by atoms with van der Waals surface area (Å²) in [7, 11) is 0. The van der Waals surface area contributed by atoms with Gasteiger partial charge in [0.15, 0.2) is 0 Å². The number of rotatable bonds is 5. The van der Waals surface area contributed by atoms with E-state index in [1.807, 2.05) is 67.0 Å². The first kappa shape index (κ1) is 21.2. The number of piperazine rings is 1. The molecule has 1 N–H and O–H groups in total. The Balaban J connectivity index is 1.15. The minimum atomic E-state index is -0.159. The van der Waals surface area contributed by atoms with E-state index < -0.39 is 0 Å². The van der Waals surface area contributed by atoms with E-state index in [9.17, 15) is 4.79 Å². The lowest BCUT2D eigenvalue weighted by molar-refractivity contribution is 0.102. The van der Waals surface area contributed by atoms with Gasteiger partial charge in [-0.15, -0.1) is 0 Å². The van der Waals surface area contributed by atoms with Crippen LogP contribution in [-0.4, -0.2) is 68.4 Å². The van der Waals surface area contributed by atoms with Crippen molar-refractivity contribution in [2.45, 2.75) is 0 Å². The number of benzene rings is 1. The lowest BCUT2D eigenvalue weighted by atomic mass is 10.1. The van der Waals surface area contributed by atoms with Crippen LogP contribution < -0.4 is 20.0 Å². The maximum atomic E-state index is 12.7. The van der Waals surface area contributed by atoms with Gasteiger partial charge in [0.1, 0.15) is 11.6 Å². The Morgan fingerprint density at radius 2 is 1.45 bits per heavy atom. The number of amides is 1. The third-order valence-electron chi connectivity index (χ3n) is 6.11. The van der Waals surface area contributed by atoms with Gasteiger partial charge in [-0.05, 0) is 48.5 Å². The summed E-state index contributed by atoms with van der Waals surface area (Å²) >= 11 is 0. The number of carbonyl (C=O) groups excluding carboxylic acids is 1. The highest BCUT2D eigenvalue weighted by atomic mass is 16.5. The number of aromatic nitrogens is 2. The standard InChI is InChI=1S/C25H28N6O2/c32-25(20-4-6-21(7-5-20)30-15-17-33-18-16-30)28-23-9-8-22(19-27-23)29-11-13-31(14-12-29)24-3-1-2-10-26-24/h1-10,19H,11-18H2,(H,27,28,32). The number of pyridine rings is 2. The summed E-state index contributed by atoms with van der Waals surface area (Å²) in [6, 6.07) is 17.6. The van der Waals surface area contributed by atoms with Crippen LogP contribution in [0, 0.1) is 0 Å². The monoisotopic (exact) mass is 444 g/mol. The third-order valence-corrected chi connectivity index (χ3v) is 6.11. The normalized spacial score (nSPS) is 16.5. The second-order valence-electron chi connectivity index (χ2n) is 8.16. The fourth-order valence-corrected chi connectivity index (χ4v) is 4.22. The molecule has 2 saturated heterocycles. The molecular formula is C25H28N6O2. The van der Waals surface area contributed by atoms with Crippen LogP contribution in [0.2, 0.25) is 0 Å². The van der Waals surface area contributed by atoms with Crippen molar-refractivity contribution in [2.75, 3.05) is 72.5 Å². The van der Waals surface area contributed by atoms with E-state index in [-0.39, 0.29) is 5.91 Å². The van der Waals surface area contributed by atoms with Crippen LogP contribution in [0.1, 0.15) is 10.4 Å². The molecule has 8 heteroatoms. The van der Waals surface area contributed by atoms with Gasteiger partial charge >= 0.3 is 0 Å². The van der Waals surface area contributed by atoms with Crippen LogP contribution >= 0.6 is 0 Å². The van der Waals surface area contributed by atoms with Crippen LogP contribution in [0.25, 0.3) is 0 Å². The molecule has 3 aromatic rings.